The summed E-state index contributed by atoms with van der Waals surface area (Å²) in [5.74, 6) is -0.412. The second-order valence-corrected chi connectivity index (χ2v) is 9.19. The summed E-state index contributed by atoms with van der Waals surface area (Å²) in [6.45, 7) is 4.86. The lowest BCUT2D eigenvalue weighted by atomic mass is 10.0. The third kappa shape index (κ3) is 8.78. The van der Waals surface area contributed by atoms with Crippen LogP contribution >= 0.6 is 0 Å². The summed E-state index contributed by atoms with van der Waals surface area (Å²) in [5, 5.41) is 22.4. The molecule has 0 radical (unpaired) electrons. The summed E-state index contributed by atoms with van der Waals surface area (Å²) < 4.78 is 10.8. The number of carbonyl (C=O) groups excluding carboxylic acids is 3. The van der Waals surface area contributed by atoms with Crippen LogP contribution in [0.4, 0.5) is 0 Å². The molecule has 208 valence electrons. The number of hydrogen-bond acceptors (Lipinski definition) is 9. The normalized spacial score (nSPS) is 18.5. The lowest BCUT2D eigenvalue weighted by molar-refractivity contribution is -0.123. The van der Waals surface area contributed by atoms with Crippen molar-refractivity contribution in [2.45, 2.75) is 45.3 Å². The predicted molar refractivity (Wildman–Crippen MR) is 137 cm³/mol. The minimum absolute atomic E-state index is 0.0189. The third-order valence-electron chi connectivity index (χ3n) is 5.66. The van der Waals surface area contributed by atoms with E-state index in [1.165, 1.54) is 6.26 Å². The van der Waals surface area contributed by atoms with Crippen LogP contribution in [0.25, 0.3) is 0 Å². The van der Waals surface area contributed by atoms with Crippen LogP contribution in [0.15, 0.2) is 51.6 Å². The molecule has 39 heavy (non-hydrogen) atoms. The highest BCUT2D eigenvalue weighted by Gasteiger charge is 2.27. The van der Waals surface area contributed by atoms with E-state index in [0.717, 1.165) is 5.56 Å². The molecule has 1 unspecified atom stereocenters. The van der Waals surface area contributed by atoms with Gasteiger partial charge in [-0.3, -0.25) is 19.2 Å². The lowest BCUT2D eigenvalue weighted by Crippen LogP contribution is -2.49. The Morgan fingerprint density at radius 3 is 2.46 bits per heavy atom. The molecule has 0 saturated carbocycles. The molecule has 1 aliphatic heterocycles. The summed E-state index contributed by atoms with van der Waals surface area (Å²) in [7, 11) is 0. The number of fused-ring (bicyclic) bond motifs is 4. The van der Waals surface area contributed by atoms with Crippen LogP contribution in [0, 0.1) is 5.92 Å². The largest absolute Gasteiger partial charge is 0.483 e. The van der Waals surface area contributed by atoms with Crippen LogP contribution in [0.2, 0.25) is 0 Å². The van der Waals surface area contributed by atoms with Crippen molar-refractivity contribution in [3.63, 3.8) is 0 Å². The summed E-state index contributed by atoms with van der Waals surface area (Å²) in [6.07, 6.45) is 2.07. The number of aromatic nitrogens is 2. The van der Waals surface area contributed by atoms with Crippen molar-refractivity contribution in [1.29, 1.82) is 0 Å². The fraction of sp³-hybridized carbons (Fsp3) is 0.385. The molecular weight excluding hydrogens is 508 g/mol. The maximum absolute atomic E-state index is 13.0. The molecule has 0 fully saturated rings. The first-order chi connectivity index (χ1) is 18.8. The van der Waals surface area contributed by atoms with Crippen molar-refractivity contribution < 1.29 is 33.2 Å². The van der Waals surface area contributed by atoms with Gasteiger partial charge in [0.05, 0.1) is 6.54 Å². The quantitative estimate of drug-likeness (QED) is 0.303. The van der Waals surface area contributed by atoms with Crippen molar-refractivity contribution in [3.05, 3.63) is 71.3 Å². The van der Waals surface area contributed by atoms with E-state index in [1.807, 2.05) is 44.2 Å². The second-order valence-electron chi connectivity index (χ2n) is 9.19. The molecule has 2 aromatic heterocycles. The van der Waals surface area contributed by atoms with E-state index in [9.17, 15) is 14.4 Å². The molecule has 1 aliphatic rings. The molecule has 2 atom stereocenters. The molecule has 0 spiro atoms. The number of nitrogens with one attached hydrogen (secondary N) is 4. The SMILES string of the molecule is CC(C)CC1NC(=O)c2cc(on2)CNCCNC(=O)[C@H](Cc2ccccc2)NC(=O)c2coc1n2.O=CO. The summed E-state index contributed by atoms with van der Waals surface area (Å²) >= 11 is 0. The second kappa shape index (κ2) is 14.4. The number of amides is 3. The van der Waals surface area contributed by atoms with E-state index in [1.54, 1.807) is 6.07 Å². The van der Waals surface area contributed by atoms with Crippen LogP contribution in [-0.2, 0) is 22.6 Å². The first kappa shape index (κ1) is 29.0. The van der Waals surface area contributed by atoms with Crippen molar-refractivity contribution in [2.75, 3.05) is 13.1 Å². The van der Waals surface area contributed by atoms with Gasteiger partial charge in [0.1, 0.15) is 18.3 Å². The van der Waals surface area contributed by atoms with Gasteiger partial charge >= 0.3 is 0 Å². The minimum Gasteiger partial charge on any atom is -0.483 e. The topological polar surface area (TPSA) is 189 Å². The smallest absolute Gasteiger partial charge is 0.290 e. The van der Waals surface area contributed by atoms with Crippen LogP contribution in [-0.4, -0.2) is 58.6 Å². The minimum atomic E-state index is -0.818. The van der Waals surface area contributed by atoms with Gasteiger partial charge in [0.25, 0.3) is 18.3 Å². The highest BCUT2D eigenvalue weighted by molar-refractivity contribution is 5.96. The van der Waals surface area contributed by atoms with Gasteiger partial charge in [-0.05, 0) is 17.9 Å². The molecule has 0 saturated heterocycles. The highest BCUT2D eigenvalue weighted by atomic mass is 16.5. The molecule has 3 amide bonds. The number of nitrogens with zero attached hydrogens (tertiary/aromatic N) is 2. The maximum atomic E-state index is 13.0. The molecule has 4 bridgehead atoms. The van der Waals surface area contributed by atoms with Gasteiger partial charge in [0.15, 0.2) is 17.1 Å². The van der Waals surface area contributed by atoms with E-state index >= 15 is 0 Å². The third-order valence-corrected chi connectivity index (χ3v) is 5.66. The van der Waals surface area contributed by atoms with Crippen LogP contribution < -0.4 is 21.3 Å². The Kier molecular flexibility index (Phi) is 10.7. The Morgan fingerprint density at radius 2 is 1.74 bits per heavy atom. The monoisotopic (exact) mass is 540 g/mol. The van der Waals surface area contributed by atoms with Crippen molar-refractivity contribution in [3.8, 4) is 0 Å². The average molecular weight is 541 g/mol. The Balaban J connectivity index is 0.00000134. The summed E-state index contributed by atoms with van der Waals surface area (Å²) in [5.41, 5.74) is 1.05. The fourth-order valence-corrected chi connectivity index (χ4v) is 3.88. The fourth-order valence-electron chi connectivity index (χ4n) is 3.88. The van der Waals surface area contributed by atoms with E-state index in [0.29, 0.717) is 38.2 Å². The lowest BCUT2D eigenvalue weighted by Gasteiger charge is -2.18. The predicted octanol–water partition coefficient (Wildman–Crippen LogP) is 1.44. The zero-order valence-corrected chi connectivity index (χ0v) is 21.7. The van der Waals surface area contributed by atoms with Gasteiger partial charge in [-0.2, -0.15) is 0 Å². The first-order valence-electron chi connectivity index (χ1n) is 12.4. The number of oxazole rings is 1. The van der Waals surface area contributed by atoms with Crippen molar-refractivity contribution >= 4 is 24.2 Å². The Hall–Kier alpha value is -4.52. The van der Waals surface area contributed by atoms with Crippen molar-refractivity contribution in [2.24, 2.45) is 5.92 Å². The number of carboxylic acid groups (broad SMARTS) is 1. The molecule has 3 aromatic rings. The molecule has 13 heteroatoms. The average Bonchev–Trinajstić information content (AvgIpc) is 3.58. The van der Waals surface area contributed by atoms with Gasteiger partial charge < -0.3 is 35.3 Å². The number of hydrogen-bond donors (Lipinski definition) is 5. The van der Waals surface area contributed by atoms with E-state index in [4.69, 9.17) is 18.8 Å². The molecule has 13 nitrogen and oxygen atoms in total. The number of carbonyl (C=O) groups is 4. The summed E-state index contributed by atoms with van der Waals surface area (Å²) in [6, 6.07) is 9.59. The number of benzene rings is 1. The molecule has 5 N–H and O–H groups in total. The van der Waals surface area contributed by atoms with Gasteiger partial charge in [0, 0.05) is 25.6 Å². The molecule has 3 heterocycles. The number of rotatable bonds is 4. The summed E-state index contributed by atoms with van der Waals surface area (Å²) in [4.78, 5) is 51.5. The standard InChI is InChI=1S/C25H30N6O5.CH2O2/c1-15(2)10-20-25-30-21(14-35-25)24(34)28-18(11-16-6-4-3-5-7-16)22(32)27-9-8-26-13-17-12-19(31-36-17)23(33)29-20;2-1-3/h3-7,12,14-15,18,20,26H,8-11,13H2,1-2H3,(H,27,32)(H,28,34)(H,29,33);1H,(H,2,3)/t18-,20?;/m0./s1. The van der Waals surface area contributed by atoms with Gasteiger partial charge in [-0.15, -0.1) is 0 Å². The molecule has 1 aromatic carbocycles. The molecular formula is C26H32N6O7. The van der Waals surface area contributed by atoms with Gasteiger partial charge in [-0.1, -0.05) is 49.3 Å². The zero-order valence-electron chi connectivity index (χ0n) is 21.7. The van der Waals surface area contributed by atoms with Crippen molar-refractivity contribution in [1.82, 2.24) is 31.4 Å². The van der Waals surface area contributed by atoms with Crippen LogP contribution in [0.5, 0.6) is 0 Å². The van der Waals surface area contributed by atoms with Crippen LogP contribution in [0.1, 0.15) is 64.5 Å². The van der Waals surface area contributed by atoms with Crippen LogP contribution in [0.3, 0.4) is 0 Å². The van der Waals surface area contributed by atoms with E-state index < -0.39 is 23.9 Å². The van der Waals surface area contributed by atoms with Gasteiger partial charge in [0.2, 0.25) is 11.8 Å². The Morgan fingerprint density at radius 1 is 1.05 bits per heavy atom. The zero-order chi connectivity index (χ0) is 28.2. The van der Waals surface area contributed by atoms with E-state index in [-0.39, 0.29) is 35.6 Å². The van der Waals surface area contributed by atoms with Gasteiger partial charge in [-0.25, -0.2) is 4.98 Å². The first-order valence-corrected chi connectivity index (χ1v) is 12.4. The Bertz CT molecular complexity index is 1240. The Labute approximate surface area is 224 Å². The highest BCUT2D eigenvalue weighted by Crippen LogP contribution is 2.22. The molecule has 4 rings (SSSR count). The van der Waals surface area contributed by atoms with E-state index in [2.05, 4.69) is 31.4 Å². The molecule has 0 aliphatic carbocycles. The maximum Gasteiger partial charge on any atom is 0.290 e.